The molecule has 0 spiro atoms. The van der Waals surface area contributed by atoms with Crippen LogP contribution in [0.3, 0.4) is 0 Å². The van der Waals surface area contributed by atoms with Gasteiger partial charge in [0.05, 0.1) is 26.2 Å². The van der Waals surface area contributed by atoms with Gasteiger partial charge in [-0.3, -0.25) is 4.79 Å². The first-order valence-corrected chi connectivity index (χ1v) is 11.5. The number of carbonyl (C=O) groups excluding carboxylic acids is 1. The third-order valence-electron chi connectivity index (χ3n) is 6.42. The van der Waals surface area contributed by atoms with Crippen LogP contribution in [0.25, 0.3) is 0 Å². The van der Waals surface area contributed by atoms with Crippen LogP contribution in [0.5, 0.6) is 17.2 Å². The number of ether oxygens (including phenoxy) is 3. The SMILES string of the molecule is CC[C@H](C(=O)N1CCc2cc(OC)c(OC)cc2[C@@H]1COc1ccc(F)cc1)c1ccccc1. The zero-order valence-corrected chi connectivity index (χ0v) is 19.8. The minimum absolute atomic E-state index is 0.0711. The fourth-order valence-corrected chi connectivity index (χ4v) is 4.62. The second-order valence-electron chi connectivity index (χ2n) is 8.34. The average molecular weight is 464 g/mol. The molecular formula is C28H30FNO4. The Morgan fingerprint density at radius 3 is 2.35 bits per heavy atom. The van der Waals surface area contributed by atoms with Crippen molar-refractivity contribution in [1.82, 2.24) is 4.90 Å². The molecule has 1 aliphatic rings. The summed E-state index contributed by atoms with van der Waals surface area (Å²) in [6.07, 6.45) is 1.41. The number of amides is 1. The van der Waals surface area contributed by atoms with E-state index in [-0.39, 0.29) is 30.3 Å². The molecule has 3 aromatic rings. The number of halogens is 1. The van der Waals surface area contributed by atoms with Gasteiger partial charge in [-0.05, 0) is 65.9 Å². The van der Waals surface area contributed by atoms with E-state index >= 15 is 0 Å². The Balaban J connectivity index is 1.69. The first-order chi connectivity index (χ1) is 16.5. The Morgan fingerprint density at radius 1 is 1.03 bits per heavy atom. The zero-order chi connectivity index (χ0) is 24.1. The van der Waals surface area contributed by atoms with Crippen LogP contribution >= 0.6 is 0 Å². The van der Waals surface area contributed by atoms with E-state index in [2.05, 4.69) is 0 Å². The van der Waals surface area contributed by atoms with Crippen LogP contribution in [0.1, 0.15) is 42.0 Å². The molecule has 0 unspecified atom stereocenters. The molecule has 0 fully saturated rings. The first-order valence-electron chi connectivity index (χ1n) is 11.5. The van der Waals surface area contributed by atoms with Crippen molar-refractivity contribution in [2.75, 3.05) is 27.4 Å². The molecule has 4 rings (SSSR count). The summed E-state index contributed by atoms with van der Waals surface area (Å²) in [6.45, 7) is 2.85. The highest BCUT2D eigenvalue weighted by atomic mass is 19.1. The molecule has 0 aromatic heterocycles. The Hall–Kier alpha value is -3.54. The lowest BCUT2D eigenvalue weighted by Crippen LogP contribution is -2.44. The topological polar surface area (TPSA) is 48.0 Å². The van der Waals surface area contributed by atoms with Crippen molar-refractivity contribution in [3.63, 3.8) is 0 Å². The van der Waals surface area contributed by atoms with Crippen LogP contribution in [0.4, 0.5) is 4.39 Å². The van der Waals surface area contributed by atoms with Gasteiger partial charge in [0.15, 0.2) is 11.5 Å². The van der Waals surface area contributed by atoms with Crippen molar-refractivity contribution >= 4 is 5.91 Å². The van der Waals surface area contributed by atoms with E-state index in [1.807, 2.05) is 54.3 Å². The van der Waals surface area contributed by atoms with E-state index in [0.717, 1.165) is 16.7 Å². The van der Waals surface area contributed by atoms with E-state index in [1.165, 1.54) is 12.1 Å². The molecule has 0 N–H and O–H groups in total. The molecule has 1 amide bonds. The highest BCUT2D eigenvalue weighted by Gasteiger charge is 2.35. The van der Waals surface area contributed by atoms with Crippen molar-refractivity contribution in [1.29, 1.82) is 0 Å². The molecule has 6 heteroatoms. The van der Waals surface area contributed by atoms with Crippen molar-refractivity contribution in [2.45, 2.75) is 31.7 Å². The zero-order valence-electron chi connectivity index (χ0n) is 19.8. The molecule has 1 heterocycles. The van der Waals surface area contributed by atoms with Gasteiger partial charge in [-0.1, -0.05) is 37.3 Å². The smallest absolute Gasteiger partial charge is 0.230 e. The third-order valence-corrected chi connectivity index (χ3v) is 6.42. The number of benzene rings is 3. The molecule has 178 valence electrons. The fraction of sp³-hybridized carbons (Fsp3) is 0.321. The molecule has 5 nitrogen and oxygen atoms in total. The Labute approximate surface area is 200 Å². The number of methoxy groups -OCH3 is 2. The molecule has 0 radical (unpaired) electrons. The van der Waals surface area contributed by atoms with Gasteiger partial charge >= 0.3 is 0 Å². The highest BCUT2D eigenvalue weighted by Crippen LogP contribution is 2.40. The van der Waals surface area contributed by atoms with Gasteiger partial charge in [0.1, 0.15) is 18.2 Å². The summed E-state index contributed by atoms with van der Waals surface area (Å²) in [5.74, 6) is 1.33. The minimum atomic E-state index is -0.322. The maximum absolute atomic E-state index is 13.8. The number of fused-ring (bicyclic) bond motifs is 1. The standard InChI is InChI=1S/C28H30FNO4/c1-4-23(19-8-6-5-7-9-19)28(31)30-15-14-20-16-26(32-2)27(33-3)17-24(20)25(30)18-34-22-12-10-21(29)11-13-22/h5-13,16-17,23,25H,4,14-15,18H2,1-3H3/t23-,25-/m0/s1. The second-order valence-corrected chi connectivity index (χ2v) is 8.34. The van der Waals surface area contributed by atoms with Gasteiger partial charge in [-0.25, -0.2) is 4.39 Å². The van der Waals surface area contributed by atoms with E-state index < -0.39 is 0 Å². The normalized spacial score (nSPS) is 15.9. The Morgan fingerprint density at radius 2 is 1.71 bits per heavy atom. The summed E-state index contributed by atoms with van der Waals surface area (Å²) in [7, 11) is 3.21. The van der Waals surface area contributed by atoms with E-state index in [1.54, 1.807) is 26.4 Å². The van der Waals surface area contributed by atoms with Crippen LogP contribution in [0.2, 0.25) is 0 Å². The predicted molar refractivity (Wildman–Crippen MR) is 129 cm³/mol. The molecule has 3 aromatic carbocycles. The van der Waals surface area contributed by atoms with Crippen LogP contribution in [0, 0.1) is 5.82 Å². The molecule has 0 aliphatic carbocycles. The van der Waals surface area contributed by atoms with Gasteiger partial charge in [-0.15, -0.1) is 0 Å². The maximum atomic E-state index is 13.8. The van der Waals surface area contributed by atoms with Crippen LogP contribution in [-0.2, 0) is 11.2 Å². The maximum Gasteiger partial charge on any atom is 0.230 e. The number of nitrogens with zero attached hydrogens (tertiary/aromatic N) is 1. The molecule has 0 saturated carbocycles. The molecule has 0 saturated heterocycles. The third kappa shape index (κ3) is 4.86. The lowest BCUT2D eigenvalue weighted by Gasteiger charge is -2.39. The summed E-state index contributed by atoms with van der Waals surface area (Å²) in [6, 6.07) is 19.4. The largest absolute Gasteiger partial charge is 0.493 e. The van der Waals surface area contributed by atoms with Gasteiger partial charge in [-0.2, -0.15) is 0 Å². The van der Waals surface area contributed by atoms with E-state index in [4.69, 9.17) is 14.2 Å². The fourth-order valence-electron chi connectivity index (χ4n) is 4.62. The summed E-state index contributed by atoms with van der Waals surface area (Å²) in [5, 5.41) is 0. The van der Waals surface area contributed by atoms with Gasteiger partial charge in [0.2, 0.25) is 5.91 Å². The monoisotopic (exact) mass is 463 g/mol. The lowest BCUT2D eigenvalue weighted by molar-refractivity contribution is -0.136. The van der Waals surface area contributed by atoms with Crippen LogP contribution in [-0.4, -0.2) is 38.2 Å². The van der Waals surface area contributed by atoms with Gasteiger partial charge in [0, 0.05) is 6.54 Å². The number of hydrogen-bond acceptors (Lipinski definition) is 4. The Kier molecular flexibility index (Phi) is 7.36. The van der Waals surface area contributed by atoms with Gasteiger partial charge < -0.3 is 19.1 Å². The number of carbonyl (C=O) groups is 1. The molecule has 2 atom stereocenters. The Bertz CT molecular complexity index is 1120. The molecular weight excluding hydrogens is 433 g/mol. The molecule has 0 bridgehead atoms. The van der Waals surface area contributed by atoms with Gasteiger partial charge in [0.25, 0.3) is 0 Å². The summed E-state index contributed by atoms with van der Waals surface area (Å²) < 4.78 is 30.5. The van der Waals surface area contributed by atoms with Crippen molar-refractivity contribution in [3.05, 3.63) is 89.2 Å². The quantitative estimate of drug-likeness (QED) is 0.440. The first kappa shape index (κ1) is 23.6. The molecule has 34 heavy (non-hydrogen) atoms. The van der Waals surface area contributed by atoms with Crippen molar-refractivity contribution < 1.29 is 23.4 Å². The lowest BCUT2D eigenvalue weighted by atomic mass is 9.89. The highest BCUT2D eigenvalue weighted by molar-refractivity contribution is 5.84. The van der Waals surface area contributed by atoms with E-state index in [9.17, 15) is 9.18 Å². The van der Waals surface area contributed by atoms with Crippen LogP contribution in [0.15, 0.2) is 66.7 Å². The van der Waals surface area contributed by atoms with E-state index in [0.29, 0.717) is 36.6 Å². The number of rotatable bonds is 8. The second kappa shape index (κ2) is 10.6. The molecule has 1 aliphatic heterocycles. The average Bonchev–Trinajstić information content (AvgIpc) is 2.88. The van der Waals surface area contributed by atoms with Crippen LogP contribution < -0.4 is 14.2 Å². The summed E-state index contributed by atoms with van der Waals surface area (Å²) >= 11 is 0. The number of hydrogen-bond donors (Lipinski definition) is 0. The van der Waals surface area contributed by atoms with Crippen molar-refractivity contribution in [2.24, 2.45) is 0 Å². The minimum Gasteiger partial charge on any atom is -0.493 e. The van der Waals surface area contributed by atoms with Crippen molar-refractivity contribution in [3.8, 4) is 17.2 Å². The summed E-state index contributed by atoms with van der Waals surface area (Å²) in [4.78, 5) is 15.8. The predicted octanol–water partition coefficient (Wildman–Crippen LogP) is 5.54. The summed E-state index contributed by atoms with van der Waals surface area (Å²) in [5.41, 5.74) is 3.08.